The van der Waals surface area contributed by atoms with Gasteiger partial charge in [0.15, 0.2) is 5.82 Å². The average Bonchev–Trinajstić information content (AvgIpc) is 2.53. The standard InChI is InChI=1S/C16H12Br2N4O/c17-10-4-6-13(7-5-10)23-16-14(19)15(20-9-21-16)22-12-3-1-2-11(18)8-12/h1-9H,19H2,(H,20,21,22). The third-order valence-corrected chi connectivity index (χ3v) is 3.98. The number of anilines is 3. The summed E-state index contributed by atoms with van der Waals surface area (Å²) in [6, 6.07) is 15.1. The number of ether oxygens (including phenoxy) is 1. The number of nitrogens with one attached hydrogen (secondary N) is 1. The molecule has 0 bridgehead atoms. The minimum Gasteiger partial charge on any atom is -0.437 e. The van der Waals surface area contributed by atoms with Crippen LogP contribution in [0.5, 0.6) is 11.6 Å². The molecule has 1 heterocycles. The van der Waals surface area contributed by atoms with Crippen LogP contribution in [0.3, 0.4) is 0 Å². The van der Waals surface area contributed by atoms with Crippen LogP contribution in [0.15, 0.2) is 63.8 Å². The fraction of sp³-hybridized carbons (Fsp3) is 0. The smallest absolute Gasteiger partial charge is 0.248 e. The van der Waals surface area contributed by atoms with Gasteiger partial charge in [-0.25, -0.2) is 4.98 Å². The Morgan fingerprint density at radius 3 is 2.48 bits per heavy atom. The Hall–Kier alpha value is -2.12. The summed E-state index contributed by atoms with van der Waals surface area (Å²) in [6.07, 6.45) is 1.41. The van der Waals surface area contributed by atoms with E-state index in [0.717, 1.165) is 14.6 Å². The second-order valence-corrected chi connectivity index (χ2v) is 6.46. The van der Waals surface area contributed by atoms with Gasteiger partial charge in [0.05, 0.1) is 0 Å². The highest BCUT2D eigenvalue weighted by molar-refractivity contribution is 9.10. The zero-order chi connectivity index (χ0) is 16.2. The lowest BCUT2D eigenvalue weighted by molar-refractivity contribution is 0.464. The minimum atomic E-state index is 0.305. The van der Waals surface area contributed by atoms with Crippen LogP contribution in [-0.2, 0) is 0 Å². The molecule has 0 aliphatic rings. The Morgan fingerprint density at radius 2 is 1.74 bits per heavy atom. The Kier molecular flexibility index (Phi) is 4.78. The molecule has 5 nitrogen and oxygen atoms in total. The van der Waals surface area contributed by atoms with Crippen molar-refractivity contribution in [1.82, 2.24) is 9.97 Å². The number of nitrogens with two attached hydrogens (primary N) is 1. The number of rotatable bonds is 4. The molecule has 0 radical (unpaired) electrons. The SMILES string of the molecule is Nc1c(Nc2cccc(Br)c2)ncnc1Oc1ccc(Br)cc1. The van der Waals surface area contributed by atoms with Crippen molar-refractivity contribution >= 4 is 49.1 Å². The summed E-state index contributed by atoms with van der Waals surface area (Å²) < 4.78 is 7.65. The summed E-state index contributed by atoms with van der Waals surface area (Å²) in [5, 5.41) is 3.15. The van der Waals surface area contributed by atoms with Crippen molar-refractivity contribution in [3.63, 3.8) is 0 Å². The first kappa shape index (κ1) is 15.8. The van der Waals surface area contributed by atoms with E-state index in [1.54, 1.807) is 0 Å². The van der Waals surface area contributed by atoms with Gasteiger partial charge >= 0.3 is 0 Å². The minimum absolute atomic E-state index is 0.305. The predicted molar refractivity (Wildman–Crippen MR) is 98.1 cm³/mol. The second kappa shape index (κ2) is 6.97. The first-order valence-corrected chi connectivity index (χ1v) is 8.27. The molecule has 0 saturated heterocycles. The van der Waals surface area contributed by atoms with E-state index < -0.39 is 0 Å². The quantitative estimate of drug-likeness (QED) is 0.594. The normalized spacial score (nSPS) is 10.3. The van der Waals surface area contributed by atoms with Crippen LogP contribution in [0.2, 0.25) is 0 Å². The zero-order valence-corrected chi connectivity index (χ0v) is 15.0. The zero-order valence-electron chi connectivity index (χ0n) is 11.8. The summed E-state index contributed by atoms with van der Waals surface area (Å²) in [5.74, 6) is 1.44. The molecule has 0 aliphatic heterocycles. The van der Waals surface area contributed by atoms with Gasteiger partial charge in [-0.2, -0.15) is 4.98 Å². The highest BCUT2D eigenvalue weighted by Gasteiger charge is 2.10. The molecule has 3 N–H and O–H groups in total. The Morgan fingerprint density at radius 1 is 0.957 bits per heavy atom. The Balaban J connectivity index is 1.84. The number of nitrogen functional groups attached to an aromatic ring is 1. The first-order valence-electron chi connectivity index (χ1n) is 6.68. The molecule has 1 aromatic heterocycles. The maximum absolute atomic E-state index is 6.11. The van der Waals surface area contributed by atoms with Crippen LogP contribution >= 0.6 is 31.9 Å². The highest BCUT2D eigenvalue weighted by atomic mass is 79.9. The molecular weight excluding hydrogens is 424 g/mol. The summed E-state index contributed by atoms with van der Waals surface area (Å²) >= 11 is 6.81. The van der Waals surface area contributed by atoms with Crippen molar-refractivity contribution in [2.24, 2.45) is 0 Å². The molecule has 0 fully saturated rings. The molecule has 0 unspecified atom stereocenters. The largest absolute Gasteiger partial charge is 0.437 e. The van der Waals surface area contributed by atoms with Crippen molar-refractivity contribution in [2.45, 2.75) is 0 Å². The predicted octanol–water partition coefficient (Wildman–Crippen LogP) is 5.12. The summed E-state index contributed by atoms with van der Waals surface area (Å²) in [5.41, 5.74) is 7.32. The molecule has 0 atom stereocenters. The van der Waals surface area contributed by atoms with Crippen LogP contribution < -0.4 is 15.8 Å². The number of hydrogen-bond acceptors (Lipinski definition) is 5. The van der Waals surface area contributed by atoms with Crippen LogP contribution in [0.25, 0.3) is 0 Å². The number of nitrogens with zero attached hydrogens (tertiary/aromatic N) is 2. The fourth-order valence-corrected chi connectivity index (χ4v) is 2.54. The van der Waals surface area contributed by atoms with Gasteiger partial charge in [0, 0.05) is 14.6 Å². The van der Waals surface area contributed by atoms with E-state index in [9.17, 15) is 0 Å². The molecule has 2 aromatic carbocycles. The highest BCUT2D eigenvalue weighted by Crippen LogP contribution is 2.31. The van der Waals surface area contributed by atoms with Gasteiger partial charge in [-0.15, -0.1) is 0 Å². The molecule has 7 heteroatoms. The number of hydrogen-bond donors (Lipinski definition) is 2. The van der Waals surface area contributed by atoms with Gasteiger partial charge in [-0.3, -0.25) is 0 Å². The third kappa shape index (κ3) is 4.00. The van der Waals surface area contributed by atoms with Gasteiger partial charge in [0.25, 0.3) is 0 Å². The molecule has 0 saturated carbocycles. The van der Waals surface area contributed by atoms with Gasteiger partial charge < -0.3 is 15.8 Å². The van der Waals surface area contributed by atoms with E-state index in [-0.39, 0.29) is 0 Å². The van der Waals surface area contributed by atoms with Crippen LogP contribution in [0.4, 0.5) is 17.2 Å². The molecular formula is C16H12Br2N4O. The molecule has 3 aromatic rings. The van der Waals surface area contributed by atoms with Crippen molar-refractivity contribution in [2.75, 3.05) is 11.1 Å². The third-order valence-electron chi connectivity index (χ3n) is 2.96. The van der Waals surface area contributed by atoms with E-state index in [1.165, 1.54) is 6.33 Å². The van der Waals surface area contributed by atoms with E-state index in [2.05, 4.69) is 47.1 Å². The summed E-state index contributed by atoms with van der Waals surface area (Å²) in [6.45, 7) is 0. The first-order chi connectivity index (χ1) is 11.1. The lowest BCUT2D eigenvalue weighted by Crippen LogP contribution is -2.03. The molecule has 0 aliphatic carbocycles. The van der Waals surface area contributed by atoms with E-state index in [4.69, 9.17) is 10.5 Å². The average molecular weight is 436 g/mol. The van der Waals surface area contributed by atoms with E-state index in [1.807, 2.05) is 48.5 Å². The van der Waals surface area contributed by atoms with Gasteiger partial charge in [-0.1, -0.05) is 37.9 Å². The van der Waals surface area contributed by atoms with Crippen molar-refractivity contribution in [3.8, 4) is 11.6 Å². The van der Waals surface area contributed by atoms with Crippen molar-refractivity contribution in [3.05, 3.63) is 63.8 Å². The lowest BCUT2D eigenvalue weighted by Gasteiger charge is -2.12. The van der Waals surface area contributed by atoms with Gasteiger partial charge in [0.2, 0.25) is 5.88 Å². The molecule has 116 valence electrons. The van der Waals surface area contributed by atoms with Crippen LogP contribution in [0, 0.1) is 0 Å². The topological polar surface area (TPSA) is 73.1 Å². The molecule has 0 amide bonds. The van der Waals surface area contributed by atoms with Crippen molar-refractivity contribution < 1.29 is 4.74 Å². The molecule has 0 spiro atoms. The Bertz CT molecular complexity index is 825. The molecule has 23 heavy (non-hydrogen) atoms. The number of halogens is 2. The Labute approximate surface area is 150 Å². The number of benzene rings is 2. The maximum atomic E-state index is 6.11. The summed E-state index contributed by atoms with van der Waals surface area (Å²) in [7, 11) is 0. The molecule has 3 rings (SSSR count). The summed E-state index contributed by atoms with van der Waals surface area (Å²) in [4.78, 5) is 8.27. The van der Waals surface area contributed by atoms with Crippen LogP contribution in [-0.4, -0.2) is 9.97 Å². The lowest BCUT2D eigenvalue weighted by atomic mass is 10.3. The number of aromatic nitrogens is 2. The maximum Gasteiger partial charge on any atom is 0.248 e. The monoisotopic (exact) mass is 434 g/mol. The van der Waals surface area contributed by atoms with Crippen molar-refractivity contribution in [1.29, 1.82) is 0 Å². The van der Waals surface area contributed by atoms with Crippen LogP contribution in [0.1, 0.15) is 0 Å². The second-order valence-electron chi connectivity index (χ2n) is 4.63. The van der Waals surface area contributed by atoms with Gasteiger partial charge in [0.1, 0.15) is 17.8 Å². The van der Waals surface area contributed by atoms with E-state index >= 15 is 0 Å². The van der Waals surface area contributed by atoms with E-state index in [0.29, 0.717) is 23.1 Å². The fourth-order valence-electron chi connectivity index (χ4n) is 1.88. The van der Waals surface area contributed by atoms with Gasteiger partial charge in [-0.05, 0) is 42.5 Å².